The van der Waals surface area contributed by atoms with E-state index in [1.54, 1.807) is 4.90 Å². The number of aliphatic carboxylic acids is 1. The molecule has 2 fully saturated rings. The first-order chi connectivity index (χ1) is 11.0. The van der Waals surface area contributed by atoms with Gasteiger partial charge >= 0.3 is 12.0 Å². The lowest BCUT2D eigenvalue weighted by atomic mass is 9.64. The predicted molar refractivity (Wildman–Crippen MR) is 90.4 cm³/mol. The predicted octanol–water partition coefficient (Wildman–Crippen LogP) is 2.99. The maximum Gasteiger partial charge on any atom is 0.317 e. The zero-order valence-electron chi connectivity index (χ0n) is 12.9. The Morgan fingerprint density at radius 2 is 2.17 bits per heavy atom. The molecular weight excluding hydrogens is 360 g/mol. The lowest BCUT2D eigenvalue weighted by Crippen LogP contribution is -2.49. The van der Waals surface area contributed by atoms with E-state index in [0.29, 0.717) is 26.1 Å². The van der Waals surface area contributed by atoms with Crippen molar-refractivity contribution in [2.75, 3.05) is 19.6 Å². The van der Waals surface area contributed by atoms with Gasteiger partial charge in [0.2, 0.25) is 0 Å². The number of carbonyl (C=O) groups is 2. The van der Waals surface area contributed by atoms with Crippen molar-refractivity contribution in [3.05, 3.63) is 34.3 Å². The van der Waals surface area contributed by atoms with E-state index in [4.69, 9.17) is 5.11 Å². The van der Waals surface area contributed by atoms with Gasteiger partial charge in [-0.2, -0.15) is 0 Å². The molecule has 3 rings (SSSR count). The second-order valence-electron chi connectivity index (χ2n) is 6.57. The molecule has 1 aliphatic heterocycles. The number of hydrogen-bond acceptors (Lipinski definition) is 2. The number of nitrogens with one attached hydrogen (secondary N) is 1. The first-order valence-electron chi connectivity index (χ1n) is 8.02. The van der Waals surface area contributed by atoms with Crippen LogP contribution in [0.15, 0.2) is 28.7 Å². The molecule has 0 radical (unpaired) electrons. The first-order valence-corrected chi connectivity index (χ1v) is 8.81. The molecule has 2 N–H and O–H groups in total. The fourth-order valence-electron chi connectivity index (χ4n) is 3.49. The second-order valence-corrected chi connectivity index (χ2v) is 7.49. The highest BCUT2D eigenvalue weighted by atomic mass is 79.9. The number of carbonyl (C=O) groups excluding carboxylic acids is 1. The van der Waals surface area contributed by atoms with Crippen molar-refractivity contribution < 1.29 is 14.7 Å². The highest BCUT2D eigenvalue weighted by Crippen LogP contribution is 2.43. The molecule has 1 saturated carbocycles. The van der Waals surface area contributed by atoms with Crippen LogP contribution in [0.25, 0.3) is 0 Å². The third-order valence-electron chi connectivity index (χ3n) is 5.15. The number of likely N-dealkylation sites (tertiary alicyclic amines) is 1. The second kappa shape index (κ2) is 6.51. The minimum absolute atomic E-state index is 0.0192. The first kappa shape index (κ1) is 16.3. The van der Waals surface area contributed by atoms with Crippen LogP contribution < -0.4 is 5.32 Å². The van der Waals surface area contributed by atoms with E-state index in [-0.39, 0.29) is 11.4 Å². The van der Waals surface area contributed by atoms with Gasteiger partial charge in [0.25, 0.3) is 0 Å². The highest BCUT2D eigenvalue weighted by molar-refractivity contribution is 9.10. The number of amides is 2. The van der Waals surface area contributed by atoms with E-state index in [2.05, 4.69) is 33.4 Å². The summed E-state index contributed by atoms with van der Waals surface area (Å²) >= 11 is 3.51. The van der Waals surface area contributed by atoms with E-state index in [1.807, 2.05) is 12.1 Å². The van der Waals surface area contributed by atoms with Crippen LogP contribution in [-0.4, -0.2) is 41.6 Å². The molecule has 5 nitrogen and oxygen atoms in total. The maximum atomic E-state index is 12.3. The van der Waals surface area contributed by atoms with Gasteiger partial charge in [-0.1, -0.05) is 34.5 Å². The number of carboxylic acid groups (broad SMARTS) is 1. The molecule has 23 heavy (non-hydrogen) atoms. The van der Waals surface area contributed by atoms with Crippen molar-refractivity contribution in [2.24, 2.45) is 5.92 Å². The molecule has 1 unspecified atom stereocenters. The molecule has 1 aromatic rings. The van der Waals surface area contributed by atoms with E-state index in [9.17, 15) is 9.59 Å². The fourth-order valence-corrected chi connectivity index (χ4v) is 3.89. The summed E-state index contributed by atoms with van der Waals surface area (Å²) in [7, 11) is 0. The highest BCUT2D eigenvalue weighted by Gasteiger charge is 2.39. The Labute approximate surface area is 144 Å². The molecule has 1 saturated heterocycles. The number of hydrogen-bond donors (Lipinski definition) is 2. The van der Waals surface area contributed by atoms with Gasteiger partial charge in [0.05, 0.1) is 5.92 Å². The quantitative estimate of drug-likeness (QED) is 0.843. The third-order valence-corrected chi connectivity index (χ3v) is 5.64. The van der Waals surface area contributed by atoms with Gasteiger partial charge in [-0.25, -0.2) is 4.79 Å². The molecule has 6 heteroatoms. The van der Waals surface area contributed by atoms with Crippen LogP contribution in [0, 0.1) is 5.92 Å². The van der Waals surface area contributed by atoms with E-state index >= 15 is 0 Å². The fraction of sp³-hybridized carbons (Fsp3) is 0.529. The Balaban J connectivity index is 1.60. The molecule has 2 amide bonds. The summed E-state index contributed by atoms with van der Waals surface area (Å²) in [6, 6.07) is 8.13. The topological polar surface area (TPSA) is 69.6 Å². The largest absolute Gasteiger partial charge is 0.481 e. The van der Waals surface area contributed by atoms with Gasteiger partial charge in [0.1, 0.15) is 0 Å². The minimum Gasteiger partial charge on any atom is -0.481 e. The van der Waals surface area contributed by atoms with Gasteiger partial charge in [0.15, 0.2) is 0 Å². The summed E-state index contributed by atoms with van der Waals surface area (Å²) in [4.78, 5) is 24.9. The molecule has 124 valence electrons. The van der Waals surface area contributed by atoms with E-state index in [0.717, 1.165) is 17.3 Å². The van der Waals surface area contributed by atoms with E-state index in [1.165, 1.54) is 12.0 Å². The minimum atomic E-state index is -0.815. The monoisotopic (exact) mass is 380 g/mol. The average Bonchev–Trinajstić information content (AvgIpc) is 2.96. The lowest BCUT2D eigenvalue weighted by molar-refractivity contribution is -0.141. The van der Waals surface area contributed by atoms with Crippen molar-refractivity contribution in [1.82, 2.24) is 10.2 Å². The molecule has 0 spiro atoms. The number of nitrogens with zero attached hydrogens (tertiary/aromatic N) is 1. The van der Waals surface area contributed by atoms with Crippen molar-refractivity contribution in [2.45, 2.75) is 31.1 Å². The molecule has 1 heterocycles. The maximum absolute atomic E-state index is 12.3. The summed E-state index contributed by atoms with van der Waals surface area (Å²) in [5.74, 6) is -1.24. The summed E-state index contributed by atoms with van der Waals surface area (Å²) < 4.78 is 1.05. The lowest BCUT2D eigenvalue weighted by Gasteiger charge is -2.43. The van der Waals surface area contributed by atoms with Crippen molar-refractivity contribution in [3.63, 3.8) is 0 Å². The standard InChI is InChI=1S/C17H21BrN2O3/c18-14-4-1-3-13(9-14)17(6-2-7-17)11-19-16(23)20-8-5-12(10-20)15(21)22/h1,3-4,9,12H,2,5-8,10-11H2,(H,19,23)(H,21,22). The van der Waals surface area contributed by atoms with Crippen LogP contribution in [0.3, 0.4) is 0 Å². The summed E-state index contributed by atoms with van der Waals surface area (Å²) in [5, 5.41) is 12.1. The molecule has 0 bridgehead atoms. The van der Waals surface area contributed by atoms with Gasteiger partial charge in [-0.3, -0.25) is 4.79 Å². The number of halogens is 1. The van der Waals surface area contributed by atoms with Crippen molar-refractivity contribution >= 4 is 27.9 Å². The molecule has 0 aromatic heterocycles. The normalized spacial score (nSPS) is 22.5. The Kier molecular flexibility index (Phi) is 4.62. The number of rotatable bonds is 4. The Hall–Kier alpha value is -1.56. The smallest absolute Gasteiger partial charge is 0.317 e. The molecule has 1 atom stereocenters. The van der Waals surface area contributed by atoms with E-state index < -0.39 is 11.9 Å². The number of benzene rings is 1. The SMILES string of the molecule is O=C(O)C1CCN(C(=O)NCC2(c3cccc(Br)c3)CCC2)C1. The van der Waals surface area contributed by atoms with Crippen molar-refractivity contribution in [1.29, 1.82) is 0 Å². The zero-order chi connectivity index (χ0) is 16.4. The van der Waals surface area contributed by atoms with Crippen LogP contribution in [0.2, 0.25) is 0 Å². The molecule has 1 aromatic carbocycles. The summed E-state index contributed by atoms with van der Waals surface area (Å²) in [5.41, 5.74) is 1.27. The number of carboxylic acids is 1. The van der Waals surface area contributed by atoms with Crippen LogP contribution in [-0.2, 0) is 10.2 Å². The van der Waals surface area contributed by atoms with Crippen LogP contribution in [0.5, 0.6) is 0 Å². The Morgan fingerprint density at radius 1 is 1.39 bits per heavy atom. The van der Waals surface area contributed by atoms with Gasteiger partial charge in [0, 0.05) is 29.5 Å². The average molecular weight is 381 g/mol. The Bertz CT molecular complexity index is 616. The molecule has 1 aliphatic carbocycles. The summed E-state index contributed by atoms with van der Waals surface area (Å²) in [6.07, 6.45) is 3.86. The zero-order valence-corrected chi connectivity index (χ0v) is 14.5. The van der Waals surface area contributed by atoms with Crippen LogP contribution >= 0.6 is 15.9 Å². The molecule has 2 aliphatic rings. The Morgan fingerprint density at radius 3 is 2.74 bits per heavy atom. The van der Waals surface area contributed by atoms with Gasteiger partial charge < -0.3 is 15.3 Å². The molecular formula is C17H21BrN2O3. The summed E-state index contributed by atoms with van der Waals surface area (Å²) in [6.45, 7) is 1.44. The van der Waals surface area contributed by atoms with Crippen LogP contribution in [0.4, 0.5) is 4.79 Å². The van der Waals surface area contributed by atoms with Crippen LogP contribution in [0.1, 0.15) is 31.2 Å². The number of urea groups is 1. The van der Waals surface area contributed by atoms with Gasteiger partial charge in [-0.05, 0) is 37.0 Å². The third kappa shape index (κ3) is 3.37. The van der Waals surface area contributed by atoms with Gasteiger partial charge in [-0.15, -0.1) is 0 Å². The van der Waals surface area contributed by atoms with Crippen molar-refractivity contribution in [3.8, 4) is 0 Å².